The molecule has 0 aromatic heterocycles. The third kappa shape index (κ3) is 4.56. The van der Waals surface area contributed by atoms with E-state index in [4.69, 9.17) is 5.73 Å². The first kappa shape index (κ1) is 16.6. The van der Waals surface area contributed by atoms with Gasteiger partial charge in [-0.1, -0.05) is 19.4 Å². The number of benzene rings is 1. The van der Waals surface area contributed by atoms with Gasteiger partial charge >= 0.3 is 0 Å². The van der Waals surface area contributed by atoms with Crippen LogP contribution in [0.1, 0.15) is 38.7 Å². The molecule has 0 aliphatic carbocycles. The summed E-state index contributed by atoms with van der Waals surface area (Å²) in [5.74, 6) is -2.17. The third-order valence-electron chi connectivity index (χ3n) is 3.28. The predicted octanol–water partition coefficient (Wildman–Crippen LogP) is 3.37. The Morgan fingerprint density at radius 3 is 2.55 bits per heavy atom. The fraction of sp³-hybridized carbons (Fsp3) is 0.533. The van der Waals surface area contributed by atoms with E-state index in [1.807, 2.05) is 6.92 Å². The molecular weight excluding hydrogens is 262 g/mol. The van der Waals surface area contributed by atoms with Crippen LogP contribution in [0.5, 0.6) is 0 Å². The molecule has 0 fully saturated rings. The molecule has 0 saturated heterocycles. The molecule has 1 aromatic carbocycles. The van der Waals surface area contributed by atoms with Crippen molar-refractivity contribution in [3.05, 3.63) is 29.3 Å². The maximum Gasteiger partial charge on any atom is 0.227 e. The average molecular weight is 284 g/mol. The topological polar surface area (TPSA) is 55.1 Å². The van der Waals surface area contributed by atoms with Crippen LogP contribution in [0.3, 0.4) is 0 Å². The van der Waals surface area contributed by atoms with Crippen LogP contribution >= 0.6 is 0 Å². The molecule has 3 N–H and O–H groups in total. The Morgan fingerprint density at radius 2 is 1.95 bits per heavy atom. The van der Waals surface area contributed by atoms with Gasteiger partial charge in [0.25, 0.3) is 0 Å². The zero-order valence-electron chi connectivity index (χ0n) is 12.2. The minimum atomic E-state index is -0.760. The summed E-state index contributed by atoms with van der Waals surface area (Å²) in [5.41, 5.74) is 5.57. The van der Waals surface area contributed by atoms with Crippen molar-refractivity contribution in [2.24, 2.45) is 11.7 Å². The molecule has 0 heterocycles. The van der Waals surface area contributed by atoms with Crippen LogP contribution in [-0.4, -0.2) is 11.9 Å². The first-order valence-electron chi connectivity index (χ1n) is 6.84. The largest absolute Gasteiger partial charge is 0.328 e. The normalized spacial score (nSPS) is 13.9. The number of hydrogen-bond acceptors (Lipinski definition) is 2. The van der Waals surface area contributed by atoms with Crippen molar-refractivity contribution in [1.82, 2.24) is 0 Å². The van der Waals surface area contributed by atoms with Gasteiger partial charge in [0.1, 0.15) is 11.5 Å². The fourth-order valence-electron chi connectivity index (χ4n) is 1.89. The second-order valence-corrected chi connectivity index (χ2v) is 5.35. The molecule has 5 heteroatoms. The van der Waals surface area contributed by atoms with Crippen LogP contribution in [0, 0.1) is 24.5 Å². The molecule has 1 amide bonds. The van der Waals surface area contributed by atoms with E-state index >= 15 is 0 Å². The minimum Gasteiger partial charge on any atom is -0.328 e. The predicted molar refractivity (Wildman–Crippen MR) is 76.4 cm³/mol. The molecule has 0 aliphatic heterocycles. The zero-order chi connectivity index (χ0) is 15.3. The lowest BCUT2D eigenvalue weighted by molar-refractivity contribution is -0.119. The third-order valence-corrected chi connectivity index (χ3v) is 3.28. The summed E-state index contributed by atoms with van der Waals surface area (Å²) < 4.78 is 27.3. The lowest BCUT2D eigenvalue weighted by atomic mass is 10.0. The number of carbonyl (C=O) groups is 1. The van der Waals surface area contributed by atoms with Crippen molar-refractivity contribution in [1.29, 1.82) is 0 Å². The van der Waals surface area contributed by atoms with Gasteiger partial charge < -0.3 is 11.1 Å². The van der Waals surface area contributed by atoms with Crippen molar-refractivity contribution in [3.63, 3.8) is 0 Å². The molecular formula is C15H22F2N2O. The highest BCUT2D eigenvalue weighted by atomic mass is 19.1. The summed E-state index contributed by atoms with van der Waals surface area (Å²) in [6.07, 6.45) is 2.28. The minimum absolute atomic E-state index is 0.0944. The molecule has 112 valence electrons. The van der Waals surface area contributed by atoms with Gasteiger partial charge in [-0.25, -0.2) is 8.78 Å². The average Bonchev–Trinajstić information content (AvgIpc) is 2.38. The molecule has 0 saturated carbocycles. The Balaban J connectivity index is 2.64. The number of anilines is 1. The number of nitrogens with one attached hydrogen (secondary N) is 1. The number of carbonyl (C=O) groups excluding carboxylic acids is 1. The van der Waals surface area contributed by atoms with E-state index in [1.54, 1.807) is 6.92 Å². The van der Waals surface area contributed by atoms with Crippen molar-refractivity contribution in [3.8, 4) is 0 Å². The Hall–Kier alpha value is -1.49. The zero-order valence-corrected chi connectivity index (χ0v) is 12.2. The highest BCUT2D eigenvalue weighted by Gasteiger charge is 2.18. The summed E-state index contributed by atoms with van der Waals surface area (Å²) in [5, 5.41) is 2.34. The first-order valence-corrected chi connectivity index (χ1v) is 6.84. The number of rotatable bonds is 6. The van der Waals surface area contributed by atoms with Crippen molar-refractivity contribution < 1.29 is 13.6 Å². The van der Waals surface area contributed by atoms with Crippen LogP contribution in [0.15, 0.2) is 12.1 Å². The Labute approximate surface area is 118 Å². The van der Waals surface area contributed by atoms with Gasteiger partial charge in [-0.05, 0) is 38.3 Å². The van der Waals surface area contributed by atoms with E-state index in [9.17, 15) is 13.6 Å². The summed E-state index contributed by atoms with van der Waals surface area (Å²) in [6.45, 7) is 5.17. The monoisotopic (exact) mass is 284 g/mol. The summed E-state index contributed by atoms with van der Waals surface area (Å²) in [7, 11) is 0. The van der Waals surface area contributed by atoms with Crippen LogP contribution in [-0.2, 0) is 4.79 Å². The highest BCUT2D eigenvalue weighted by Crippen LogP contribution is 2.23. The molecule has 0 radical (unpaired) electrons. The van der Waals surface area contributed by atoms with Gasteiger partial charge in [0.05, 0.1) is 0 Å². The van der Waals surface area contributed by atoms with E-state index in [2.05, 4.69) is 5.32 Å². The van der Waals surface area contributed by atoms with E-state index in [0.29, 0.717) is 12.0 Å². The Morgan fingerprint density at radius 1 is 1.30 bits per heavy atom. The van der Waals surface area contributed by atoms with Gasteiger partial charge in [0.15, 0.2) is 5.82 Å². The Bertz CT molecular complexity index is 475. The quantitative estimate of drug-likeness (QED) is 0.841. The van der Waals surface area contributed by atoms with E-state index in [1.165, 1.54) is 13.0 Å². The second kappa shape index (κ2) is 7.33. The van der Waals surface area contributed by atoms with Gasteiger partial charge in [0, 0.05) is 12.0 Å². The molecule has 0 aliphatic rings. The molecule has 2 unspecified atom stereocenters. The van der Waals surface area contributed by atoms with Gasteiger partial charge in [-0.15, -0.1) is 0 Å². The number of hydrogen-bond donors (Lipinski definition) is 2. The van der Waals surface area contributed by atoms with Crippen LogP contribution in [0.2, 0.25) is 0 Å². The standard InChI is InChI=1S/C15H22F2N2O/c1-9-7-8-12(16)14(13(9)17)19-15(20)10(2)5-4-6-11(3)18/h7-8,10-11H,4-6,18H2,1-3H3,(H,19,20). The van der Waals surface area contributed by atoms with Gasteiger partial charge in [-0.3, -0.25) is 4.79 Å². The van der Waals surface area contributed by atoms with Crippen molar-refractivity contribution in [2.45, 2.75) is 46.1 Å². The first-order chi connectivity index (χ1) is 9.32. The van der Waals surface area contributed by atoms with E-state index in [-0.39, 0.29) is 23.6 Å². The lowest BCUT2D eigenvalue weighted by Crippen LogP contribution is -2.23. The summed E-state index contributed by atoms with van der Waals surface area (Å²) in [4.78, 5) is 11.9. The number of halogens is 2. The summed E-state index contributed by atoms with van der Waals surface area (Å²) >= 11 is 0. The SMILES string of the molecule is Cc1ccc(F)c(NC(=O)C(C)CCCC(C)N)c1F. The van der Waals surface area contributed by atoms with Crippen LogP contribution < -0.4 is 11.1 Å². The second-order valence-electron chi connectivity index (χ2n) is 5.35. The molecule has 1 rings (SSSR count). The Kier molecular flexibility index (Phi) is 6.07. The summed E-state index contributed by atoms with van der Waals surface area (Å²) in [6, 6.07) is 2.58. The molecule has 20 heavy (non-hydrogen) atoms. The number of amides is 1. The van der Waals surface area contributed by atoms with Crippen molar-refractivity contribution in [2.75, 3.05) is 5.32 Å². The van der Waals surface area contributed by atoms with Crippen molar-refractivity contribution >= 4 is 11.6 Å². The maximum absolute atomic E-state index is 13.8. The smallest absolute Gasteiger partial charge is 0.227 e. The molecule has 1 aromatic rings. The lowest BCUT2D eigenvalue weighted by Gasteiger charge is -2.14. The van der Waals surface area contributed by atoms with Gasteiger partial charge in [0.2, 0.25) is 5.91 Å². The fourth-order valence-corrected chi connectivity index (χ4v) is 1.89. The number of nitrogens with two attached hydrogens (primary N) is 1. The van der Waals surface area contributed by atoms with Gasteiger partial charge in [-0.2, -0.15) is 0 Å². The molecule has 0 bridgehead atoms. The van der Waals surface area contributed by atoms with Crippen LogP contribution in [0.4, 0.5) is 14.5 Å². The van der Waals surface area contributed by atoms with Crippen LogP contribution in [0.25, 0.3) is 0 Å². The van der Waals surface area contributed by atoms with E-state index < -0.39 is 11.6 Å². The molecule has 2 atom stereocenters. The number of aryl methyl sites for hydroxylation is 1. The molecule has 3 nitrogen and oxygen atoms in total. The molecule has 0 spiro atoms. The van der Waals surface area contributed by atoms with E-state index in [0.717, 1.165) is 18.9 Å². The maximum atomic E-state index is 13.8. The highest BCUT2D eigenvalue weighted by molar-refractivity contribution is 5.92.